The molecule has 1 N–H and O–H groups in total. The number of halogens is 1. The molecule has 0 aliphatic heterocycles. The van der Waals surface area contributed by atoms with Crippen LogP contribution < -0.4 is 5.32 Å². The molecule has 1 aliphatic rings. The molecule has 0 atom stereocenters. The largest absolute Gasteiger partial charge is 0.325 e. The predicted octanol–water partition coefficient (Wildman–Crippen LogP) is 2.95. The summed E-state index contributed by atoms with van der Waals surface area (Å²) in [7, 11) is 0. The Morgan fingerprint density at radius 3 is 2.88 bits per heavy atom. The molecule has 1 aliphatic carbocycles. The second kappa shape index (κ2) is 7.18. The zero-order valence-corrected chi connectivity index (χ0v) is 14.3. The number of amides is 1. The van der Waals surface area contributed by atoms with Gasteiger partial charge in [0.15, 0.2) is 5.16 Å². The molecule has 3 rings (SSSR count). The van der Waals surface area contributed by atoms with Gasteiger partial charge in [0.2, 0.25) is 11.7 Å². The summed E-state index contributed by atoms with van der Waals surface area (Å²) in [6.07, 6.45) is 2.24. The Kier molecular flexibility index (Phi) is 4.98. The van der Waals surface area contributed by atoms with E-state index in [1.165, 1.54) is 17.8 Å². The van der Waals surface area contributed by atoms with Crippen molar-refractivity contribution < 1.29 is 14.1 Å². The molecule has 0 unspecified atom stereocenters. The van der Waals surface area contributed by atoms with Crippen molar-refractivity contribution >= 4 is 29.0 Å². The number of nitrogens with zero attached hydrogens (tertiary/aromatic N) is 4. The van der Waals surface area contributed by atoms with Crippen molar-refractivity contribution in [3.63, 3.8) is 0 Å². The minimum absolute atomic E-state index is 0.0774. The number of hydrogen-bond acceptors (Lipinski definition) is 6. The van der Waals surface area contributed by atoms with Crippen LogP contribution in [0.3, 0.4) is 0 Å². The van der Waals surface area contributed by atoms with E-state index in [1.807, 2.05) is 11.5 Å². The Labute approximate surface area is 147 Å². The second-order valence-electron chi connectivity index (χ2n) is 5.62. The summed E-state index contributed by atoms with van der Waals surface area (Å²) in [5.41, 5.74) is -0.500. The molecule has 8 nitrogen and oxygen atoms in total. The van der Waals surface area contributed by atoms with Crippen molar-refractivity contribution in [3.05, 3.63) is 40.0 Å². The zero-order valence-electron chi connectivity index (χ0n) is 13.4. The number of nitro groups is 1. The van der Waals surface area contributed by atoms with E-state index in [4.69, 9.17) is 0 Å². The summed E-state index contributed by atoms with van der Waals surface area (Å²) < 4.78 is 15.3. The van der Waals surface area contributed by atoms with E-state index in [0.717, 1.165) is 37.3 Å². The van der Waals surface area contributed by atoms with Gasteiger partial charge in [-0.15, -0.1) is 10.2 Å². The van der Waals surface area contributed by atoms with Gasteiger partial charge in [-0.2, -0.15) is 4.39 Å². The molecule has 0 spiro atoms. The summed E-state index contributed by atoms with van der Waals surface area (Å²) in [4.78, 5) is 22.0. The van der Waals surface area contributed by atoms with E-state index >= 15 is 0 Å². The molecule has 1 heterocycles. The highest BCUT2D eigenvalue weighted by molar-refractivity contribution is 7.99. The third-order valence-corrected chi connectivity index (χ3v) is 4.73. The monoisotopic (exact) mass is 365 g/mol. The summed E-state index contributed by atoms with van der Waals surface area (Å²) in [5.74, 6) is 0.203. The SMILES string of the molecule is CCn1c(SCC(=O)Nc2ccc(F)c([N+](=O)[O-])c2)nnc1C1CC1. The molecule has 0 radical (unpaired) electrons. The van der Waals surface area contributed by atoms with E-state index in [9.17, 15) is 19.3 Å². The van der Waals surface area contributed by atoms with Gasteiger partial charge in [0.05, 0.1) is 10.7 Å². The molecule has 1 aromatic heterocycles. The van der Waals surface area contributed by atoms with Crippen LogP contribution in [-0.4, -0.2) is 31.3 Å². The molecule has 132 valence electrons. The molecular weight excluding hydrogens is 349 g/mol. The van der Waals surface area contributed by atoms with Crippen molar-refractivity contribution in [3.8, 4) is 0 Å². The van der Waals surface area contributed by atoms with Gasteiger partial charge in [0.25, 0.3) is 0 Å². The molecule has 1 saturated carbocycles. The highest BCUT2D eigenvalue weighted by Gasteiger charge is 2.30. The lowest BCUT2D eigenvalue weighted by molar-refractivity contribution is -0.387. The number of benzene rings is 1. The first-order valence-electron chi connectivity index (χ1n) is 7.79. The first-order valence-corrected chi connectivity index (χ1v) is 8.77. The molecule has 0 bridgehead atoms. The molecule has 0 saturated heterocycles. The molecule has 25 heavy (non-hydrogen) atoms. The van der Waals surface area contributed by atoms with Gasteiger partial charge in [-0.1, -0.05) is 11.8 Å². The second-order valence-corrected chi connectivity index (χ2v) is 6.56. The lowest BCUT2D eigenvalue weighted by Gasteiger charge is -2.07. The fourth-order valence-electron chi connectivity index (χ4n) is 2.41. The topological polar surface area (TPSA) is 103 Å². The molecule has 10 heteroatoms. The third kappa shape index (κ3) is 3.95. The maximum atomic E-state index is 13.3. The minimum atomic E-state index is -0.943. The average molecular weight is 365 g/mol. The summed E-state index contributed by atoms with van der Waals surface area (Å²) in [6.45, 7) is 2.73. The van der Waals surface area contributed by atoms with Gasteiger partial charge >= 0.3 is 5.69 Å². The lowest BCUT2D eigenvalue weighted by atomic mass is 10.2. The van der Waals surface area contributed by atoms with Crippen molar-refractivity contribution in [2.24, 2.45) is 0 Å². The van der Waals surface area contributed by atoms with Gasteiger partial charge in [0.1, 0.15) is 5.82 Å². The molecule has 1 amide bonds. The number of thioether (sulfide) groups is 1. The number of aromatic nitrogens is 3. The maximum Gasteiger partial charge on any atom is 0.306 e. The third-order valence-electron chi connectivity index (χ3n) is 3.76. The summed E-state index contributed by atoms with van der Waals surface area (Å²) in [5, 5.41) is 22.3. The van der Waals surface area contributed by atoms with E-state index in [0.29, 0.717) is 11.1 Å². The summed E-state index contributed by atoms with van der Waals surface area (Å²) in [6, 6.07) is 3.23. The average Bonchev–Trinajstić information content (AvgIpc) is 3.34. The minimum Gasteiger partial charge on any atom is -0.325 e. The number of hydrogen-bond donors (Lipinski definition) is 1. The Hall–Kier alpha value is -2.49. The number of rotatable bonds is 7. The molecule has 2 aromatic rings. The van der Waals surface area contributed by atoms with Gasteiger partial charge in [-0.05, 0) is 31.9 Å². The molecular formula is C15H16FN5O3S. The molecule has 1 fully saturated rings. The van der Waals surface area contributed by atoms with Crippen LogP contribution in [0.4, 0.5) is 15.8 Å². The van der Waals surface area contributed by atoms with Crippen LogP contribution >= 0.6 is 11.8 Å². The van der Waals surface area contributed by atoms with Gasteiger partial charge < -0.3 is 9.88 Å². The number of nitrogens with one attached hydrogen (secondary N) is 1. The predicted molar refractivity (Wildman–Crippen MR) is 90.1 cm³/mol. The highest BCUT2D eigenvalue weighted by atomic mass is 32.2. The van der Waals surface area contributed by atoms with E-state index in [1.54, 1.807) is 0 Å². The maximum absolute atomic E-state index is 13.3. The normalized spacial score (nSPS) is 13.7. The zero-order chi connectivity index (χ0) is 18.0. The van der Waals surface area contributed by atoms with Crippen LogP contribution in [0, 0.1) is 15.9 Å². The van der Waals surface area contributed by atoms with Crippen molar-refractivity contribution in [2.45, 2.75) is 37.4 Å². The Balaban J connectivity index is 1.62. The first-order chi connectivity index (χ1) is 12.0. The van der Waals surface area contributed by atoms with Crippen LogP contribution in [0.15, 0.2) is 23.4 Å². The van der Waals surface area contributed by atoms with Gasteiger partial charge in [0, 0.05) is 24.2 Å². The Morgan fingerprint density at radius 2 is 2.24 bits per heavy atom. The fourth-order valence-corrected chi connectivity index (χ4v) is 3.21. The van der Waals surface area contributed by atoms with E-state index in [2.05, 4.69) is 15.5 Å². The quantitative estimate of drug-likeness (QED) is 0.460. The number of carbonyl (C=O) groups excluding carboxylic acids is 1. The number of carbonyl (C=O) groups is 1. The lowest BCUT2D eigenvalue weighted by Crippen LogP contribution is -2.15. The van der Waals surface area contributed by atoms with E-state index in [-0.39, 0.29) is 17.3 Å². The van der Waals surface area contributed by atoms with Crippen molar-refractivity contribution in [2.75, 3.05) is 11.1 Å². The van der Waals surface area contributed by atoms with Crippen LogP contribution in [0.2, 0.25) is 0 Å². The Morgan fingerprint density at radius 1 is 1.48 bits per heavy atom. The number of anilines is 1. The highest BCUT2D eigenvalue weighted by Crippen LogP contribution is 2.39. The standard InChI is InChI=1S/C15H16FN5O3S/c1-2-20-14(9-3-4-9)18-19-15(20)25-8-13(22)17-10-5-6-11(16)12(7-10)21(23)24/h5-7,9H,2-4,8H2,1H3,(H,17,22). The Bertz CT molecular complexity index is 821. The first kappa shape index (κ1) is 17.3. The smallest absolute Gasteiger partial charge is 0.306 e. The van der Waals surface area contributed by atoms with Crippen LogP contribution in [-0.2, 0) is 11.3 Å². The van der Waals surface area contributed by atoms with Gasteiger partial charge in [-0.25, -0.2) is 0 Å². The number of nitro benzene ring substituents is 1. The van der Waals surface area contributed by atoms with Crippen LogP contribution in [0.5, 0.6) is 0 Å². The van der Waals surface area contributed by atoms with Crippen molar-refractivity contribution in [1.82, 2.24) is 14.8 Å². The van der Waals surface area contributed by atoms with E-state index < -0.39 is 16.4 Å². The fraction of sp³-hybridized carbons (Fsp3) is 0.400. The van der Waals surface area contributed by atoms with Crippen LogP contribution in [0.25, 0.3) is 0 Å². The van der Waals surface area contributed by atoms with Crippen LogP contribution in [0.1, 0.15) is 31.5 Å². The summed E-state index contributed by atoms with van der Waals surface area (Å²) >= 11 is 1.25. The molecule has 1 aromatic carbocycles. The van der Waals surface area contributed by atoms with Crippen molar-refractivity contribution in [1.29, 1.82) is 0 Å². The van der Waals surface area contributed by atoms with Gasteiger partial charge in [-0.3, -0.25) is 14.9 Å².